The van der Waals surface area contributed by atoms with E-state index in [2.05, 4.69) is 4.74 Å². The molecule has 4 heteroatoms. The van der Waals surface area contributed by atoms with Crippen molar-refractivity contribution >= 4 is 17.1 Å². The van der Waals surface area contributed by atoms with Crippen LogP contribution in [0.2, 0.25) is 0 Å². The Bertz CT molecular complexity index is 151. The van der Waals surface area contributed by atoms with Crippen molar-refractivity contribution in [3.05, 3.63) is 0 Å². The minimum absolute atomic E-state index is 0.326. The SMILES string of the molecule is COC(=O)C1([S+](C)[O-])CC1. The van der Waals surface area contributed by atoms with Crippen LogP contribution in [0.3, 0.4) is 0 Å². The quantitative estimate of drug-likeness (QED) is 0.426. The lowest BCUT2D eigenvalue weighted by Gasteiger charge is -2.13. The fourth-order valence-corrected chi connectivity index (χ4v) is 1.90. The highest BCUT2D eigenvalue weighted by atomic mass is 32.2. The third-order valence-corrected chi connectivity index (χ3v) is 3.49. The van der Waals surface area contributed by atoms with Crippen LogP contribution in [0.4, 0.5) is 0 Å². The maximum Gasteiger partial charge on any atom is 0.362 e. The van der Waals surface area contributed by atoms with Crippen molar-refractivity contribution in [2.75, 3.05) is 13.4 Å². The van der Waals surface area contributed by atoms with Crippen molar-refractivity contribution < 1.29 is 14.1 Å². The van der Waals surface area contributed by atoms with Crippen molar-refractivity contribution in [2.45, 2.75) is 17.6 Å². The molecule has 10 heavy (non-hydrogen) atoms. The van der Waals surface area contributed by atoms with Gasteiger partial charge in [0.15, 0.2) is 0 Å². The van der Waals surface area contributed by atoms with Gasteiger partial charge in [0.25, 0.3) is 0 Å². The predicted molar refractivity (Wildman–Crippen MR) is 38.0 cm³/mol. The van der Waals surface area contributed by atoms with Crippen LogP contribution in [0.1, 0.15) is 12.8 Å². The third kappa shape index (κ3) is 1.01. The summed E-state index contributed by atoms with van der Waals surface area (Å²) < 4.78 is 14.8. The van der Waals surface area contributed by atoms with Gasteiger partial charge in [-0.05, 0) is 11.2 Å². The van der Waals surface area contributed by atoms with Gasteiger partial charge in [0.1, 0.15) is 0 Å². The molecule has 1 saturated carbocycles. The average molecular weight is 162 g/mol. The lowest BCUT2D eigenvalue weighted by atomic mass is 10.4. The van der Waals surface area contributed by atoms with Gasteiger partial charge in [-0.15, -0.1) is 0 Å². The number of esters is 1. The van der Waals surface area contributed by atoms with Gasteiger partial charge in [0.05, 0.1) is 13.4 Å². The van der Waals surface area contributed by atoms with Gasteiger partial charge >= 0.3 is 5.97 Å². The van der Waals surface area contributed by atoms with E-state index >= 15 is 0 Å². The minimum atomic E-state index is -1.07. The lowest BCUT2D eigenvalue weighted by molar-refractivity contribution is -0.140. The summed E-state index contributed by atoms with van der Waals surface area (Å²) in [5.74, 6) is -0.326. The molecule has 0 spiro atoms. The maximum atomic E-state index is 10.9. The Morgan fingerprint density at radius 2 is 2.20 bits per heavy atom. The Morgan fingerprint density at radius 3 is 2.30 bits per heavy atom. The Labute approximate surface area is 62.9 Å². The zero-order valence-electron chi connectivity index (χ0n) is 6.05. The Balaban J connectivity index is 2.60. The molecule has 3 nitrogen and oxygen atoms in total. The van der Waals surface area contributed by atoms with Gasteiger partial charge in [-0.1, -0.05) is 0 Å². The minimum Gasteiger partial charge on any atom is -0.616 e. The fourth-order valence-electron chi connectivity index (χ4n) is 0.908. The summed E-state index contributed by atoms with van der Waals surface area (Å²) in [4.78, 5) is 10.9. The molecular weight excluding hydrogens is 152 g/mol. The van der Waals surface area contributed by atoms with Gasteiger partial charge < -0.3 is 9.29 Å². The van der Waals surface area contributed by atoms with Crippen LogP contribution in [-0.4, -0.2) is 28.6 Å². The number of carbonyl (C=O) groups is 1. The van der Waals surface area contributed by atoms with Crippen LogP contribution in [0.5, 0.6) is 0 Å². The van der Waals surface area contributed by atoms with E-state index in [-0.39, 0.29) is 5.97 Å². The highest BCUT2D eigenvalue weighted by molar-refractivity contribution is 7.93. The summed E-state index contributed by atoms with van der Waals surface area (Å²) in [7, 11) is 1.33. The summed E-state index contributed by atoms with van der Waals surface area (Å²) in [5, 5.41) is 0. The summed E-state index contributed by atoms with van der Waals surface area (Å²) in [6.07, 6.45) is 2.97. The molecule has 1 aliphatic rings. The molecule has 58 valence electrons. The van der Waals surface area contributed by atoms with Crippen molar-refractivity contribution in [1.82, 2.24) is 0 Å². The molecule has 0 saturated heterocycles. The molecule has 0 aliphatic heterocycles. The van der Waals surface area contributed by atoms with E-state index in [0.717, 1.165) is 0 Å². The Kier molecular flexibility index (Phi) is 1.92. The van der Waals surface area contributed by atoms with Crippen molar-refractivity contribution in [2.24, 2.45) is 0 Å². The number of rotatable bonds is 2. The molecule has 0 bridgehead atoms. The van der Waals surface area contributed by atoms with E-state index in [1.165, 1.54) is 7.11 Å². The first-order valence-corrected chi connectivity index (χ1v) is 4.61. The van der Waals surface area contributed by atoms with Crippen LogP contribution < -0.4 is 0 Å². The van der Waals surface area contributed by atoms with E-state index in [9.17, 15) is 9.35 Å². The molecule has 0 aromatic carbocycles. The monoisotopic (exact) mass is 162 g/mol. The maximum absolute atomic E-state index is 10.9. The third-order valence-electron chi connectivity index (χ3n) is 1.81. The molecule has 0 aromatic rings. The normalized spacial score (nSPS) is 23.5. The number of carbonyl (C=O) groups excluding carboxylic acids is 1. The molecule has 1 aliphatic carbocycles. The van der Waals surface area contributed by atoms with Gasteiger partial charge in [-0.2, -0.15) is 0 Å². The molecule has 1 unspecified atom stereocenters. The van der Waals surface area contributed by atoms with Crippen molar-refractivity contribution in [3.63, 3.8) is 0 Å². The van der Waals surface area contributed by atoms with Crippen LogP contribution >= 0.6 is 0 Å². The van der Waals surface area contributed by atoms with Gasteiger partial charge in [0.2, 0.25) is 4.75 Å². The first-order valence-electron chi connectivity index (χ1n) is 3.05. The molecule has 0 radical (unpaired) electrons. The molecule has 1 rings (SSSR count). The van der Waals surface area contributed by atoms with E-state index in [4.69, 9.17) is 0 Å². The zero-order valence-corrected chi connectivity index (χ0v) is 6.86. The standard InChI is InChI=1S/C6H10O3S/c1-9-5(7)6(3-4-6)10(2)8/h3-4H2,1-2H3. The molecule has 0 amide bonds. The first-order chi connectivity index (χ1) is 4.63. The van der Waals surface area contributed by atoms with Crippen molar-refractivity contribution in [3.8, 4) is 0 Å². The lowest BCUT2D eigenvalue weighted by Crippen LogP contribution is -2.32. The Morgan fingerprint density at radius 1 is 1.70 bits per heavy atom. The van der Waals surface area contributed by atoms with Crippen LogP contribution in [0.15, 0.2) is 0 Å². The first kappa shape index (κ1) is 7.88. The second-order valence-electron chi connectivity index (χ2n) is 2.44. The zero-order chi connectivity index (χ0) is 7.78. The number of methoxy groups -OCH3 is 1. The van der Waals surface area contributed by atoms with Crippen LogP contribution in [0.25, 0.3) is 0 Å². The van der Waals surface area contributed by atoms with E-state index in [1.807, 2.05) is 0 Å². The van der Waals surface area contributed by atoms with E-state index in [0.29, 0.717) is 12.8 Å². The highest BCUT2D eigenvalue weighted by Gasteiger charge is 2.60. The molecule has 1 fully saturated rings. The predicted octanol–water partition coefficient (Wildman–Crippen LogP) is 0.0705. The van der Waals surface area contributed by atoms with Crippen molar-refractivity contribution in [1.29, 1.82) is 0 Å². The van der Waals surface area contributed by atoms with Crippen LogP contribution in [-0.2, 0) is 20.7 Å². The second-order valence-corrected chi connectivity index (χ2v) is 4.13. The summed E-state index contributed by atoms with van der Waals surface area (Å²) in [6, 6.07) is 0. The molecule has 0 heterocycles. The Hall–Kier alpha value is -0.220. The second kappa shape index (κ2) is 2.43. The summed E-state index contributed by atoms with van der Waals surface area (Å²) >= 11 is -1.07. The van der Waals surface area contributed by atoms with Gasteiger partial charge in [0, 0.05) is 12.8 Å². The topological polar surface area (TPSA) is 49.4 Å². The summed E-state index contributed by atoms with van der Waals surface area (Å²) in [6.45, 7) is 0. The van der Waals surface area contributed by atoms with Gasteiger partial charge in [-0.25, -0.2) is 4.79 Å². The van der Waals surface area contributed by atoms with E-state index in [1.54, 1.807) is 6.26 Å². The molecule has 1 atom stereocenters. The van der Waals surface area contributed by atoms with E-state index < -0.39 is 15.9 Å². The smallest absolute Gasteiger partial charge is 0.362 e. The molecule has 0 aromatic heterocycles. The van der Waals surface area contributed by atoms with Gasteiger partial charge in [-0.3, -0.25) is 0 Å². The summed E-state index contributed by atoms with van der Waals surface area (Å²) in [5.41, 5.74) is 0. The number of hydrogen-bond acceptors (Lipinski definition) is 3. The highest BCUT2D eigenvalue weighted by Crippen LogP contribution is 2.43. The average Bonchev–Trinajstić information content (AvgIpc) is 2.65. The number of ether oxygens (including phenoxy) is 1. The molecular formula is C6H10O3S. The number of hydrogen-bond donors (Lipinski definition) is 0. The largest absolute Gasteiger partial charge is 0.616 e. The fraction of sp³-hybridized carbons (Fsp3) is 0.833. The molecule has 0 N–H and O–H groups in total. The van der Waals surface area contributed by atoms with Crippen LogP contribution in [0, 0.1) is 0 Å².